The summed E-state index contributed by atoms with van der Waals surface area (Å²) in [5.74, 6) is 0.748. The van der Waals surface area contributed by atoms with Gasteiger partial charge in [0.25, 0.3) is 0 Å². The Balaban J connectivity index is 1.79. The van der Waals surface area contributed by atoms with E-state index in [0.717, 1.165) is 28.0 Å². The second-order valence-corrected chi connectivity index (χ2v) is 5.63. The van der Waals surface area contributed by atoms with Crippen LogP contribution in [0.3, 0.4) is 0 Å². The van der Waals surface area contributed by atoms with Crippen molar-refractivity contribution in [3.05, 3.63) is 48.2 Å². The molecule has 2 aromatic carbocycles. The van der Waals surface area contributed by atoms with E-state index in [2.05, 4.69) is 10.4 Å². The quantitative estimate of drug-likeness (QED) is 0.801. The second kappa shape index (κ2) is 6.23. The molecule has 0 bridgehead atoms. The van der Waals surface area contributed by atoms with Crippen molar-refractivity contribution in [1.29, 1.82) is 0 Å². The number of nitrogens with zero attached hydrogens (tertiary/aromatic N) is 3. The lowest BCUT2D eigenvalue weighted by molar-refractivity contribution is 0.258. The number of benzene rings is 2. The number of anilines is 2. The van der Waals surface area contributed by atoms with Crippen LogP contribution in [0.25, 0.3) is 10.9 Å². The highest BCUT2D eigenvalue weighted by atomic mass is 16.5. The predicted octanol–water partition coefficient (Wildman–Crippen LogP) is 3.56. The fourth-order valence-corrected chi connectivity index (χ4v) is 2.53. The van der Waals surface area contributed by atoms with Gasteiger partial charge >= 0.3 is 6.03 Å². The summed E-state index contributed by atoms with van der Waals surface area (Å²) in [6.45, 7) is 2.02. The van der Waals surface area contributed by atoms with Gasteiger partial charge in [0.05, 0.1) is 12.6 Å². The maximum absolute atomic E-state index is 12.4. The van der Waals surface area contributed by atoms with Gasteiger partial charge in [-0.2, -0.15) is 5.10 Å². The van der Waals surface area contributed by atoms with Crippen LogP contribution < -0.4 is 15.0 Å². The van der Waals surface area contributed by atoms with Crippen LogP contribution in [0.2, 0.25) is 0 Å². The third-order valence-corrected chi connectivity index (χ3v) is 4.15. The summed E-state index contributed by atoms with van der Waals surface area (Å²) >= 11 is 0. The van der Waals surface area contributed by atoms with Gasteiger partial charge < -0.3 is 10.1 Å². The number of rotatable bonds is 3. The molecule has 24 heavy (non-hydrogen) atoms. The van der Waals surface area contributed by atoms with Crippen molar-refractivity contribution >= 4 is 28.3 Å². The number of urea groups is 1. The van der Waals surface area contributed by atoms with Gasteiger partial charge in [0, 0.05) is 36.6 Å². The summed E-state index contributed by atoms with van der Waals surface area (Å²) < 4.78 is 6.95. The number of fused-ring (bicyclic) bond motifs is 1. The molecule has 0 aliphatic rings. The molecule has 3 rings (SSSR count). The van der Waals surface area contributed by atoms with E-state index in [1.54, 1.807) is 43.3 Å². The molecule has 0 fully saturated rings. The zero-order valence-electron chi connectivity index (χ0n) is 14.2. The van der Waals surface area contributed by atoms with E-state index in [0.29, 0.717) is 5.69 Å². The van der Waals surface area contributed by atoms with E-state index >= 15 is 0 Å². The Morgan fingerprint density at radius 1 is 1.21 bits per heavy atom. The molecule has 0 radical (unpaired) electrons. The molecule has 0 aliphatic heterocycles. The molecular formula is C18H20N4O2. The van der Waals surface area contributed by atoms with Crippen molar-refractivity contribution in [2.45, 2.75) is 6.92 Å². The zero-order chi connectivity index (χ0) is 17.3. The smallest absolute Gasteiger partial charge is 0.326 e. The SMILES string of the molecule is COc1ccc(NC(=O)N(C)c2ccc3c(C)n(C)nc3c2)cc1. The van der Waals surface area contributed by atoms with Crippen LogP contribution in [-0.4, -0.2) is 30.0 Å². The first-order valence-electron chi connectivity index (χ1n) is 7.61. The second-order valence-electron chi connectivity index (χ2n) is 5.63. The zero-order valence-corrected chi connectivity index (χ0v) is 14.2. The molecule has 0 saturated carbocycles. The molecule has 0 spiro atoms. The summed E-state index contributed by atoms with van der Waals surface area (Å²) in [4.78, 5) is 14.0. The molecule has 3 aromatic rings. The van der Waals surface area contributed by atoms with Gasteiger partial charge in [-0.15, -0.1) is 0 Å². The van der Waals surface area contributed by atoms with Crippen molar-refractivity contribution in [3.63, 3.8) is 0 Å². The maximum Gasteiger partial charge on any atom is 0.326 e. The first-order valence-corrected chi connectivity index (χ1v) is 7.61. The number of ether oxygens (including phenoxy) is 1. The van der Waals surface area contributed by atoms with E-state index in [4.69, 9.17) is 4.74 Å². The van der Waals surface area contributed by atoms with Crippen LogP contribution in [0.1, 0.15) is 5.69 Å². The monoisotopic (exact) mass is 324 g/mol. The van der Waals surface area contributed by atoms with Gasteiger partial charge in [-0.25, -0.2) is 4.79 Å². The van der Waals surface area contributed by atoms with E-state index in [9.17, 15) is 4.79 Å². The summed E-state index contributed by atoms with van der Waals surface area (Å²) in [6.07, 6.45) is 0. The summed E-state index contributed by atoms with van der Waals surface area (Å²) in [5, 5.41) is 8.41. The van der Waals surface area contributed by atoms with Gasteiger partial charge in [0.15, 0.2) is 0 Å². The van der Waals surface area contributed by atoms with E-state index in [1.807, 2.05) is 36.9 Å². The first-order chi connectivity index (χ1) is 11.5. The van der Waals surface area contributed by atoms with Crippen LogP contribution in [0.15, 0.2) is 42.5 Å². The number of carbonyl (C=O) groups is 1. The highest BCUT2D eigenvalue weighted by molar-refractivity contribution is 6.02. The van der Waals surface area contributed by atoms with E-state index in [-0.39, 0.29) is 6.03 Å². The first kappa shape index (κ1) is 15.9. The lowest BCUT2D eigenvalue weighted by atomic mass is 10.2. The Labute approximate surface area is 140 Å². The summed E-state index contributed by atoms with van der Waals surface area (Å²) in [7, 11) is 5.25. The molecule has 0 atom stereocenters. The number of amides is 2. The van der Waals surface area contributed by atoms with Gasteiger partial charge in [0.2, 0.25) is 0 Å². The highest BCUT2D eigenvalue weighted by Crippen LogP contribution is 2.24. The number of aryl methyl sites for hydroxylation is 2. The molecule has 124 valence electrons. The van der Waals surface area contributed by atoms with Gasteiger partial charge in [-0.05, 0) is 49.4 Å². The average Bonchev–Trinajstić information content (AvgIpc) is 2.88. The topological polar surface area (TPSA) is 59.4 Å². The Kier molecular flexibility index (Phi) is 4.12. The lowest BCUT2D eigenvalue weighted by Gasteiger charge is -2.18. The van der Waals surface area contributed by atoms with E-state index in [1.165, 1.54) is 0 Å². The highest BCUT2D eigenvalue weighted by Gasteiger charge is 2.13. The third kappa shape index (κ3) is 2.90. The number of carbonyl (C=O) groups excluding carboxylic acids is 1. The maximum atomic E-state index is 12.4. The predicted molar refractivity (Wildman–Crippen MR) is 95.9 cm³/mol. The van der Waals surface area contributed by atoms with Crippen molar-refractivity contribution < 1.29 is 9.53 Å². The van der Waals surface area contributed by atoms with Crippen LogP contribution in [-0.2, 0) is 7.05 Å². The summed E-state index contributed by atoms with van der Waals surface area (Å²) in [6, 6.07) is 12.8. The standard InChI is InChI=1S/C18H20N4O2/c1-12-16-10-7-14(11-17(16)20-22(12)3)21(2)18(23)19-13-5-8-15(24-4)9-6-13/h5-11H,1-4H3,(H,19,23). The van der Waals surface area contributed by atoms with Crippen molar-refractivity contribution in [2.75, 3.05) is 24.4 Å². The minimum atomic E-state index is -0.216. The molecule has 6 heteroatoms. The van der Waals surface area contributed by atoms with Gasteiger partial charge in [0.1, 0.15) is 5.75 Å². The molecule has 2 amide bonds. The number of methoxy groups -OCH3 is 1. The Morgan fingerprint density at radius 2 is 1.92 bits per heavy atom. The van der Waals surface area contributed by atoms with Crippen LogP contribution in [0.5, 0.6) is 5.75 Å². The normalized spacial score (nSPS) is 10.7. The summed E-state index contributed by atoms with van der Waals surface area (Å²) in [5.41, 5.74) is 3.47. The third-order valence-electron chi connectivity index (χ3n) is 4.15. The van der Waals surface area contributed by atoms with Gasteiger partial charge in [-0.3, -0.25) is 9.58 Å². The molecule has 1 heterocycles. The van der Waals surface area contributed by atoms with Crippen LogP contribution in [0.4, 0.5) is 16.2 Å². The van der Waals surface area contributed by atoms with Crippen LogP contribution in [0, 0.1) is 6.92 Å². The number of nitrogens with one attached hydrogen (secondary N) is 1. The minimum absolute atomic E-state index is 0.216. The average molecular weight is 324 g/mol. The fraction of sp³-hybridized carbons (Fsp3) is 0.222. The largest absolute Gasteiger partial charge is 0.497 e. The van der Waals surface area contributed by atoms with Crippen LogP contribution >= 0.6 is 0 Å². The molecule has 1 aromatic heterocycles. The molecule has 0 saturated heterocycles. The Hall–Kier alpha value is -3.02. The molecule has 1 N–H and O–H groups in total. The number of hydrogen-bond donors (Lipinski definition) is 1. The Morgan fingerprint density at radius 3 is 2.58 bits per heavy atom. The van der Waals surface area contributed by atoms with Crippen molar-refractivity contribution in [3.8, 4) is 5.75 Å². The fourth-order valence-electron chi connectivity index (χ4n) is 2.53. The minimum Gasteiger partial charge on any atom is -0.497 e. The number of hydrogen-bond acceptors (Lipinski definition) is 3. The van der Waals surface area contributed by atoms with E-state index < -0.39 is 0 Å². The van der Waals surface area contributed by atoms with Gasteiger partial charge in [-0.1, -0.05) is 0 Å². The van der Waals surface area contributed by atoms with Crippen molar-refractivity contribution in [1.82, 2.24) is 9.78 Å². The van der Waals surface area contributed by atoms with Crippen molar-refractivity contribution in [2.24, 2.45) is 7.05 Å². The molecular weight excluding hydrogens is 304 g/mol. The molecule has 0 aliphatic carbocycles. The Bertz CT molecular complexity index is 884. The number of aromatic nitrogens is 2. The lowest BCUT2D eigenvalue weighted by Crippen LogP contribution is -2.31. The molecule has 6 nitrogen and oxygen atoms in total. The molecule has 0 unspecified atom stereocenters.